The highest BCUT2D eigenvalue weighted by Crippen LogP contribution is 2.22. The summed E-state index contributed by atoms with van der Waals surface area (Å²) < 4.78 is 18.4. The van der Waals surface area contributed by atoms with Gasteiger partial charge in [0.15, 0.2) is 0 Å². The highest BCUT2D eigenvalue weighted by molar-refractivity contribution is 5.95. The van der Waals surface area contributed by atoms with Crippen molar-refractivity contribution in [2.24, 2.45) is 0 Å². The second-order valence-corrected chi connectivity index (χ2v) is 5.74. The maximum absolute atomic E-state index is 13.0. The molecule has 2 N–H and O–H groups in total. The molecular weight excluding hydrogens is 319 g/mol. The lowest BCUT2D eigenvalue weighted by molar-refractivity contribution is -0.118. The quantitative estimate of drug-likeness (QED) is 0.698. The number of hydrogen-bond acceptors (Lipinski definition) is 3. The number of halogens is 1. The second kappa shape index (κ2) is 7.77. The maximum Gasteiger partial charge on any atom is 0.246 e. The first kappa shape index (κ1) is 16.9. The molecule has 0 spiro atoms. The molecule has 0 radical (unpaired) electrons. The Morgan fingerprint density at radius 1 is 1.00 bits per heavy atom. The first-order chi connectivity index (χ1) is 12.1. The molecule has 0 aliphatic rings. The molecule has 1 amide bonds. The summed E-state index contributed by atoms with van der Waals surface area (Å²) >= 11 is 0. The molecule has 0 saturated heterocycles. The Morgan fingerprint density at radius 3 is 2.36 bits per heavy atom. The Labute approximate surface area is 145 Å². The summed E-state index contributed by atoms with van der Waals surface area (Å²) in [6.07, 6.45) is 1.60. The standard InChI is InChI=1S/C20H19FN2O2/c1-14(18-8-5-13-25-18)22-19(15-6-3-2-4-7-15)20(24)23-17-11-9-16(21)10-12-17/h2-14,19,22H,1H3,(H,23,24)/t14-,19-/m1/s1. The lowest BCUT2D eigenvalue weighted by Gasteiger charge is -2.22. The summed E-state index contributed by atoms with van der Waals surface area (Å²) in [5, 5.41) is 6.11. The third kappa shape index (κ3) is 4.33. The van der Waals surface area contributed by atoms with Crippen LogP contribution in [-0.4, -0.2) is 5.91 Å². The molecule has 0 aliphatic heterocycles. The van der Waals surface area contributed by atoms with Crippen molar-refractivity contribution in [1.29, 1.82) is 0 Å². The van der Waals surface area contributed by atoms with Gasteiger partial charge in [0.2, 0.25) is 5.91 Å². The number of nitrogens with one attached hydrogen (secondary N) is 2. The molecule has 2 aromatic carbocycles. The van der Waals surface area contributed by atoms with Crippen LogP contribution >= 0.6 is 0 Å². The molecule has 0 saturated carbocycles. The van der Waals surface area contributed by atoms with Crippen molar-refractivity contribution in [3.63, 3.8) is 0 Å². The number of carbonyl (C=O) groups is 1. The van der Waals surface area contributed by atoms with E-state index in [2.05, 4.69) is 10.6 Å². The van der Waals surface area contributed by atoms with Gasteiger partial charge in [-0.05, 0) is 48.9 Å². The summed E-state index contributed by atoms with van der Waals surface area (Å²) in [5.74, 6) is 0.175. The van der Waals surface area contributed by atoms with Gasteiger partial charge in [-0.25, -0.2) is 4.39 Å². The fourth-order valence-corrected chi connectivity index (χ4v) is 2.59. The number of hydrogen-bond donors (Lipinski definition) is 2. The van der Waals surface area contributed by atoms with E-state index in [1.807, 2.05) is 49.4 Å². The van der Waals surface area contributed by atoms with E-state index >= 15 is 0 Å². The molecule has 4 nitrogen and oxygen atoms in total. The summed E-state index contributed by atoms with van der Waals surface area (Å²) in [6.45, 7) is 1.93. The predicted molar refractivity (Wildman–Crippen MR) is 94.5 cm³/mol. The van der Waals surface area contributed by atoms with E-state index in [-0.39, 0.29) is 17.8 Å². The van der Waals surface area contributed by atoms with Crippen LogP contribution in [0.4, 0.5) is 10.1 Å². The van der Waals surface area contributed by atoms with Crippen LogP contribution in [0, 0.1) is 5.82 Å². The van der Waals surface area contributed by atoms with Crippen molar-refractivity contribution in [3.05, 3.63) is 90.1 Å². The van der Waals surface area contributed by atoms with Crippen LogP contribution in [0.3, 0.4) is 0 Å². The minimum absolute atomic E-state index is 0.154. The molecule has 2 atom stereocenters. The molecule has 0 aliphatic carbocycles. The van der Waals surface area contributed by atoms with Crippen molar-refractivity contribution in [3.8, 4) is 0 Å². The molecule has 0 unspecified atom stereocenters. The number of furan rings is 1. The highest BCUT2D eigenvalue weighted by Gasteiger charge is 2.23. The predicted octanol–water partition coefficient (Wildman–Crippen LogP) is 4.45. The van der Waals surface area contributed by atoms with E-state index in [1.165, 1.54) is 24.3 Å². The molecule has 1 heterocycles. The van der Waals surface area contributed by atoms with Crippen LogP contribution in [0.5, 0.6) is 0 Å². The van der Waals surface area contributed by atoms with Crippen LogP contribution in [0.2, 0.25) is 0 Å². The average molecular weight is 338 g/mol. The van der Waals surface area contributed by atoms with Gasteiger partial charge in [-0.3, -0.25) is 10.1 Å². The van der Waals surface area contributed by atoms with Crippen LogP contribution in [0.1, 0.15) is 30.3 Å². The maximum atomic E-state index is 13.0. The van der Waals surface area contributed by atoms with Gasteiger partial charge in [0.25, 0.3) is 0 Å². The Bertz CT molecular complexity index is 801. The zero-order chi connectivity index (χ0) is 17.6. The van der Waals surface area contributed by atoms with Gasteiger partial charge in [-0.15, -0.1) is 0 Å². The normalized spacial score (nSPS) is 13.2. The van der Waals surface area contributed by atoms with Crippen molar-refractivity contribution in [2.75, 3.05) is 5.32 Å². The Hall–Kier alpha value is -2.92. The molecule has 0 fully saturated rings. The lowest BCUT2D eigenvalue weighted by Crippen LogP contribution is -2.34. The molecular formula is C20H19FN2O2. The second-order valence-electron chi connectivity index (χ2n) is 5.74. The van der Waals surface area contributed by atoms with E-state index in [1.54, 1.807) is 6.26 Å². The van der Waals surface area contributed by atoms with Crippen molar-refractivity contribution in [2.45, 2.75) is 19.0 Å². The Balaban J connectivity index is 1.80. The minimum atomic E-state index is -0.577. The van der Waals surface area contributed by atoms with E-state index < -0.39 is 6.04 Å². The largest absolute Gasteiger partial charge is 0.468 e. The molecule has 0 bridgehead atoms. The summed E-state index contributed by atoms with van der Waals surface area (Å²) in [4.78, 5) is 12.8. The number of rotatable bonds is 6. The number of amides is 1. The number of anilines is 1. The van der Waals surface area contributed by atoms with Gasteiger partial charge >= 0.3 is 0 Å². The zero-order valence-electron chi connectivity index (χ0n) is 13.8. The van der Waals surface area contributed by atoms with Gasteiger partial charge in [0, 0.05) is 5.69 Å². The van der Waals surface area contributed by atoms with Crippen LogP contribution in [0.25, 0.3) is 0 Å². The van der Waals surface area contributed by atoms with Gasteiger partial charge in [-0.2, -0.15) is 0 Å². The third-order valence-corrected chi connectivity index (χ3v) is 3.89. The van der Waals surface area contributed by atoms with Crippen molar-refractivity contribution >= 4 is 11.6 Å². The SMILES string of the molecule is C[C@@H](N[C@@H](C(=O)Nc1ccc(F)cc1)c1ccccc1)c1ccco1. The minimum Gasteiger partial charge on any atom is -0.468 e. The first-order valence-corrected chi connectivity index (χ1v) is 8.04. The lowest BCUT2D eigenvalue weighted by atomic mass is 10.0. The topological polar surface area (TPSA) is 54.3 Å². The van der Waals surface area contributed by atoms with Crippen molar-refractivity contribution < 1.29 is 13.6 Å². The molecule has 3 aromatic rings. The molecule has 25 heavy (non-hydrogen) atoms. The average Bonchev–Trinajstić information content (AvgIpc) is 3.17. The zero-order valence-corrected chi connectivity index (χ0v) is 13.8. The Kier molecular flexibility index (Phi) is 5.26. The third-order valence-electron chi connectivity index (χ3n) is 3.89. The molecule has 128 valence electrons. The summed E-state index contributed by atoms with van der Waals surface area (Å²) in [7, 11) is 0. The van der Waals surface area contributed by atoms with Gasteiger partial charge in [0.05, 0.1) is 12.3 Å². The first-order valence-electron chi connectivity index (χ1n) is 8.04. The molecule has 3 rings (SSSR count). The van der Waals surface area contributed by atoms with Crippen LogP contribution in [0.15, 0.2) is 77.4 Å². The van der Waals surface area contributed by atoms with E-state index in [0.29, 0.717) is 5.69 Å². The molecule has 5 heteroatoms. The number of benzene rings is 2. The fraction of sp³-hybridized carbons (Fsp3) is 0.150. The summed E-state index contributed by atoms with van der Waals surface area (Å²) in [5.41, 5.74) is 1.38. The summed E-state index contributed by atoms with van der Waals surface area (Å²) in [6, 6.07) is 18.1. The van der Waals surface area contributed by atoms with Gasteiger partial charge in [0.1, 0.15) is 17.6 Å². The number of carbonyl (C=O) groups excluding carboxylic acids is 1. The van der Waals surface area contributed by atoms with Gasteiger partial charge in [-0.1, -0.05) is 30.3 Å². The Morgan fingerprint density at radius 2 is 1.72 bits per heavy atom. The fourth-order valence-electron chi connectivity index (χ4n) is 2.59. The van der Waals surface area contributed by atoms with E-state index in [0.717, 1.165) is 11.3 Å². The highest BCUT2D eigenvalue weighted by atomic mass is 19.1. The van der Waals surface area contributed by atoms with Gasteiger partial charge < -0.3 is 9.73 Å². The van der Waals surface area contributed by atoms with Crippen LogP contribution < -0.4 is 10.6 Å². The van der Waals surface area contributed by atoms with Crippen molar-refractivity contribution in [1.82, 2.24) is 5.32 Å². The monoisotopic (exact) mass is 338 g/mol. The van der Waals surface area contributed by atoms with E-state index in [4.69, 9.17) is 4.42 Å². The smallest absolute Gasteiger partial charge is 0.246 e. The van der Waals surface area contributed by atoms with Crippen LogP contribution in [-0.2, 0) is 4.79 Å². The molecule has 1 aromatic heterocycles. The van der Waals surface area contributed by atoms with E-state index in [9.17, 15) is 9.18 Å².